The fourth-order valence-electron chi connectivity index (χ4n) is 1.15. The standard InChI is InChI=1S/C10H12BrNO3S/c1-16(15)3-2-12-9-5-7(10(13)14)4-8(11)6-9/h4-6,12H,2-3H2,1H3,(H,13,14). The van der Waals surface area contributed by atoms with Crippen molar-refractivity contribution in [1.29, 1.82) is 0 Å². The van der Waals surface area contributed by atoms with Crippen LogP contribution in [0.2, 0.25) is 0 Å². The molecule has 0 spiro atoms. The Labute approximate surface area is 105 Å². The van der Waals surface area contributed by atoms with Crippen molar-refractivity contribution in [3.63, 3.8) is 0 Å². The summed E-state index contributed by atoms with van der Waals surface area (Å²) in [6.45, 7) is 0.554. The number of anilines is 1. The molecule has 0 amide bonds. The van der Waals surface area contributed by atoms with E-state index in [1.807, 2.05) is 0 Å². The smallest absolute Gasteiger partial charge is 0.335 e. The molecule has 1 aromatic carbocycles. The van der Waals surface area contributed by atoms with Gasteiger partial charge in [0.25, 0.3) is 0 Å². The minimum absolute atomic E-state index is 0.217. The van der Waals surface area contributed by atoms with E-state index < -0.39 is 16.8 Å². The molecular weight excluding hydrogens is 294 g/mol. The molecule has 1 atom stereocenters. The van der Waals surface area contributed by atoms with Crippen molar-refractivity contribution in [3.05, 3.63) is 28.2 Å². The molecule has 0 saturated carbocycles. The molecular formula is C10H12BrNO3S. The first-order chi connectivity index (χ1) is 7.49. The lowest BCUT2D eigenvalue weighted by Crippen LogP contribution is -2.10. The summed E-state index contributed by atoms with van der Waals surface area (Å²) in [6.07, 6.45) is 1.63. The number of carboxylic acid groups (broad SMARTS) is 1. The van der Waals surface area contributed by atoms with Gasteiger partial charge in [-0.2, -0.15) is 0 Å². The first kappa shape index (κ1) is 13.2. The number of hydrogen-bond donors (Lipinski definition) is 2. The Kier molecular flexibility index (Phi) is 4.95. The molecule has 88 valence electrons. The monoisotopic (exact) mass is 305 g/mol. The summed E-state index contributed by atoms with van der Waals surface area (Å²) in [5, 5.41) is 11.9. The van der Waals surface area contributed by atoms with E-state index >= 15 is 0 Å². The van der Waals surface area contributed by atoms with Crippen LogP contribution in [0.5, 0.6) is 0 Å². The molecule has 1 unspecified atom stereocenters. The minimum Gasteiger partial charge on any atom is -0.478 e. The van der Waals surface area contributed by atoms with Crippen molar-refractivity contribution in [2.45, 2.75) is 0 Å². The largest absolute Gasteiger partial charge is 0.478 e. The Morgan fingerprint density at radius 1 is 1.50 bits per heavy atom. The number of carbonyl (C=O) groups is 1. The molecule has 1 aromatic rings. The van der Waals surface area contributed by atoms with Crippen molar-refractivity contribution in [1.82, 2.24) is 0 Å². The minimum atomic E-state index is -0.969. The first-order valence-electron chi connectivity index (χ1n) is 4.57. The maximum Gasteiger partial charge on any atom is 0.335 e. The van der Waals surface area contributed by atoms with E-state index in [-0.39, 0.29) is 5.56 Å². The van der Waals surface area contributed by atoms with Crippen LogP contribution in [0, 0.1) is 0 Å². The van der Waals surface area contributed by atoms with Crippen LogP contribution in [-0.2, 0) is 10.8 Å². The SMILES string of the molecule is CS(=O)CCNc1cc(Br)cc(C(=O)O)c1. The summed E-state index contributed by atoms with van der Waals surface area (Å²) in [4.78, 5) is 10.8. The highest BCUT2D eigenvalue weighted by molar-refractivity contribution is 9.10. The van der Waals surface area contributed by atoms with E-state index in [0.717, 1.165) is 0 Å². The van der Waals surface area contributed by atoms with Gasteiger partial charge < -0.3 is 10.4 Å². The molecule has 1 rings (SSSR count). The second-order valence-electron chi connectivity index (χ2n) is 3.24. The molecule has 16 heavy (non-hydrogen) atoms. The predicted molar refractivity (Wildman–Crippen MR) is 68.5 cm³/mol. The summed E-state index contributed by atoms with van der Waals surface area (Å²) in [5.74, 6) is -0.432. The van der Waals surface area contributed by atoms with E-state index in [4.69, 9.17) is 5.11 Å². The van der Waals surface area contributed by atoms with Crippen LogP contribution in [0.15, 0.2) is 22.7 Å². The molecule has 0 radical (unpaired) electrons. The number of carboxylic acids is 1. The number of aromatic carboxylic acids is 1. The summed E-state index contributed by atoms with van der Waals surface area (Å²) < 4.78 is 11.5. The van der Waals surface area contributed by atoms with Gasteiger partial charge >= 0.3 is 5.97 Å². The van der Waals surface area contributed by atoms with Gasteiger partial charge in [0, 0.05) is 39.5 Å². The van der Waals surface area contributed by atoms with Gasteiger partial charge in [0.1, 0.15) is 0 Å². The van der Waals surface area contributed by atoms with Gasteiger partial charge in [0.15, 0.2) is 0 Å². The van der Waals surface area contributed by atoms with Crippen LogP contribution in [0.3, 0.4) is 0 Å². The van der Waals surface area contributed by atoms with Crippen molar-refractivity contribution < 1.29 is 14.1 Å². The maximum atomic E-state index is 10.8. The second kappa shape index (κ2) is 6.00. The number of hydrogen-bond acceptors (Lipinski definition) is 3. The normalized spacial score (nSPS) is 12.1. The van der Waals surface area contributed by atoms with Crippen LogP contribution < -0.4 is 5.32 Å². The highest BCUT2D eigenvalue weighted by Crippen LogP contribution is 2.19. The highest BCUT2D eigenvalue weighted by atomic mass is 79.9. The van der Waals surface area contributed by atoms with Gasteiger partial charge in [-0.15, -0.1) is 0 Å². The van der Waals surface area contributed by atoms with E-state index in [2.05, 4.69) is 21.2 Å². The quantitative estimate of drug-likeness (QED) is 0.872. The third-order valence-electron chi connectivity index (χ3n) is 1.86. The third-order valence-corrected chi connectivity index (χ3v) is 3.10. The van der Waals surface area contributed by atoms with Crippen molar-refractivity contribution in [2.75, 3.05) is 23.9 Å². The number of rotatable bonds is 5. The molecule has 0 fully saturated rings. The number of halogens is 1. The Balaban J connectivity index is 2.72. The average Bonchev–Trinajstić information content (AvgIpc) is 2.16. The van der Waals surface area contributed by atoms with E-state index in [9.17, 15) is 9.00 Å². The molecule has 0 aromatic heterocycles. The Morgan fingerprint density at radius 2 is 2.19 bits per heavy atom. The lowest BCUT2D eigenvalue weighted by Gasteiger charge is -2.07. The lowest BCUT2D eigenvalue weighted by molar-refractivity contribution is 0.0697. The van der Waals surface area contributed by atoms with Crippen molar-refractivity contribution in [3.8, 4) is 0 Å². The topological polar surface area (TPSA) is 66.4 Å². The summed E-state index contributed by atoms with van der Waals surface area (Å²) >= 11 is 3.24. The van der Waals surface area contributed by atoms with Crippen LogP contribution in [0.25, 0.3) is 0 Å². The van der Waals surface area contributed by atoms with E-state index in [1.165, 1.54) is 6.07 Å². The Bertz CT molecular complexity index is 423. The molecule has 4 nitrogen and oxygen atoms in total. The van der Waals surface area contributed by atoms with E-state index in [1.54, 1.807) is 18.4 Å². The lowest BCUT2D eigenvalue weighted by atomic mass is 10.2. The molecule has 6 heteroatoms. The predicted octanol–water partition coefficient (Wildman–Crippen LogP) is 1.94. The van der Waals surface area contributed by atoms with Gasteiger partial charge in [-0.1, -0.05) is 15.9 Å². The van der Waals surface area contributed by atoms with Gasteiger partial charge in [0.2, 0.25) is 0 Å². The molecule has 2 N–H and O–H groups in total. The maximum absolute atomic E-state index is 10.8. The van der Waals surface area contributed by atoms with Crippen LogP contribution >= 0.6 is 15.9 Å². The summed E-state index contributed by atoms with van der Waals surface area (Å²) in [6, 6.07) is 4.86. The van der Waals surface area contributed by atoms with E-state index in [0.29, 0.717) is 22.5 Å². The molecule has 0 heterocycles. The van der Waals surface area contributed by atoms with Crippen molar-refractivity contribution in [2.24, 2.45) is 0 Å². The molecule has 0 saturated heterocycles. The highest BCUT2D eigenvalue weighted by Gasteiger charge is 2.05. The zero-order valence-electron chi connectivity index (χ0n) is 8.70. The molecule has 0 aliphatic rings. The fourth-order valence-corrected chi connectivity index (χ4v) is 2.04. The van der Waals surface area contributed by atoms with Gasteiger partial charge in [-0.3, -0.25) is 4.21 Å². The number of nitrogens with one attached hydrogen (secondary N) is 1. The summed E-state index contributed by atoms with van der Waals surface area (Å²) in [7, 11) is -0.849. The summed E-state index contributed by atoms with van der Waals surface area (Å²) in [5.41, 5.74) is 0.923. The zero-order valence-corrected chi connectivity index (χ0v) is 11.1. The zero-order chi connectivity index (χ0) is 12.1. The first-order valence-corrected chi connectivity index (χ1v) is 7.09. The second-order valence-corrected chi connectivity index (χ2v) is 5.71. The van der Waals surface area contributed by atoms with Crippen molar-refractivity contribution >= 4 is 38.4 Å². The van der Waals surface area contributed by atoms with Crippen LogP contribution in [-0.4, -0.2) is 33.8 Å². The van der Waals surface area contributed by atoms with Crippen LogP contribution in [0.4, 0.5) is 5.69 Å². The Morgan fingerprint density at radius 3 is 2.75 bits per heavy atom. The van der Waals surface area contributed by atoms with Gasteiger partial charge in [-0.05, 0) is 18.2 Å². The number of benzene rings is 1. The third kappa shape index (κ3) is 4.32. The molecule has 0 aliphatic heterocycles. The Hall–Kier alpha value is -0.880. The fraction of sp³-hybridized carbons (Fsp3) is 0.300. The van der Waals surface area contributed by atoms with Crippen LogP contribution in [0.1, 0.15) is 10.4 Å². The molecule has 0 aliphatic carbocycles. The molecule has 0 bridgehead atoms. The average molecular weight is 306 g/mol. The van der Waals surface area contributed by atoms with Gasteiger partial charge in [-0.25, -0.2) is 4.79 Å². The van der Waals surface area contributed by atoms with Gasteiger partial charge in [0.05, 0.1) is 5.56 Å².